The van der Waals surface area contributed by atoms with E-state index in [9.17, 15) is 18.5 Å². The van der Waals surface area contributed by atoms with Gasteiger partial charge in [-0.15, -0.1) is 0 Å². The minimum atomic E-state index is -3.93. The van der Waals surface area contributed by atoms with Crippen LogP contribution in [0.4, 0.5) is 5.69 Å². The molecule has 176 valence electrons. The Hall–Kier alpha value is -1.59. The van der Waals surface area contributed by atoms with Crippen LogP contribution in [0, 0.1) is 17.0 Å². The van der Waals surface area contributed by atoms with E-state index in [4.69, 9.17) is 4.43 Å². The third-order valence-electron chi connectivity index (χ3n) is 5.85. The largest absolute Gasteiger partial charge is 0.416 e. The van der Waals surface area contributed by atoms with Crippen LogP contribution in [0.25, 0.3) is 0 Å². The molecule has 0 heterocycles. The maximum atomic E-state index is 13.1. The van der Waals surface area contributed by atoms with Gasteiger partial charge < -0.3 is 4.43 Å². The number of aryl methyl sites for hydroxylation is 1. The summed E-state index contributed by atoms with van der Waals surface area (Å²) < 4.78 is 35.3. The van der Waals surface area contributed by atoms with E-state index in [0.717, 1.165) is 11.1 Å². The molecule has 2 rings (SSSR count). The van der Waals surface area contributed by atoms with Crippen molar-refractivity contribution in [3.63, 3.8) is 0 Å². The highest BCUT2D eigenvalue weighted by Gasteiger charge is 2.38. The number of nitro groups is 1. The Morgan fingerprint density at radius 2 is 1.62 bits per heavy atom. The smallest absolute Gasteiger partial charge is 0.269 e. The molecule has 0 spiro atoms. The molecule has 0 aromatic heterocycles. The summed E-state index contributed by atoms with van der Waals surface area (Å²) in [6.45, 7) is 13.0. The zero-order chi connectivity index (χ0) is 24.3. The zero-order valence-electron chi connectivity index (χ0n) is 19.3. The van der Waals surface area contributed by atoms with Crippen molar-refractivity contribution in [1.82, 2.24) is 4.72 Å². The molecular formula is C22H31BrN2O5SSi. The lowest BCUT2D eigenvalue weighted by molar-refractivity contribution is -0.384. The molecule has 0 saturated carbocycles. The molecule has 0 radical (unpaired) electrons. The number of hydrogen-bond acceptors (Lipinski definition) is 5. The Morgan fingerprint density at radius 3 is 2.09 bits per heavy atom. The first-order valence-corrected chi connectivity index (χ1v) is 15.6. The molecule has 0 amide bonds. The number of nitro benzene ring substituents is 1. The summed E-state index contributed by atoms with van der Waals surface area (Å²) in [7, 11) is -5.97. The van der Waals surface area contributed by atoms with Crippen LogP contribution in [0.5, 0.6) is 0 Å². The van der Waals surface area contributed by atoms with Gasteiger partial charge in [0.05, 0.1) is 20.7 Å². The molecule has 7 nitrogen and oxygen atoms in total. The fourth-order valence-corrected chi connectivity index (χ4v) is 5.99. The van der Waals surface area contributed by atoms with Crippen molar-refractivity contribution in [2.45, 2.75) is 61.6 Å². The summed E-state index contributed by atoms with van der Waals surface area (Å²) in [4.78, 5) is 9.96. The standard InChI is InChI=1S/C22H31BrN2O5SSi/c1-16-7-9-17(10-8-16)21(20(23)15-30-32(5,6)22(2,3)4)24-31(28,29)19-13-11-18(12-14-19)25(26)27/h7-14,20-21,24H,15H2,1-6H3/t20-,21+/m0/s1. The quantitative estimate of drug-likeness (QED) is 0.189. The maximum absolute atomic E-state index is 13.1. The minimum absolute atomic E-state index is 0.0251. The first-order chi connectivity index (χ1) is 14.6. The van der Waals surface area contributed by atoms with Crippen LogP contribution in [-0.4, -0.2) is 33.1 Å². The van der Waals surface area contributed by atoms with Gasteiger partial charge in [0.25, 0.3) is 5.69 Å². The predicted octanol–water partition coefficient (Wildman–Crippen LogP) is 5.71. The van der Waals surface area contributed by atoms with Gasteiger partial charge in [-0.05, 0) is 42.8 Å². The van der Waals surface area contributed by atoms with Crippen molar-refractivity contribution in [3.05, 3.63) is 69.8 Å². The first kappa shape index (κ1) is 26.7. The molecule has 2 atom stereocenters. The fraction of sp³-hybridized carbons (Fsp3) is 0.455. The molecule has 1 N–H and O–H groups in total. The second-order valence-corrected chi connectivity index (χ2v) is 17.0. The second kappa shape index (κ2) is 10.1. The molecule has 0 saturated heterocycles. The molecule has 2 aromatic rings. The van der Waals surface area contributed by atoms with E-state index < -0.39 is 29.3 Å². The third kappa shape index (κ3) is 6.71. The second-order valence-electron chi connectivity index (χ2n) is 9.35. The van der Waals surface area contributed by atoms with Gasteiger partial charge in [-0.25, -0.2) is 13.1 Å². The molecule has 0 unspecified atom stereocenters. The van der Waals surface area contributed by atoms with Crippen LogP contribution < -0.4 is 4.72 Å². The summed E-state index contributed by atoms with van der Waals surface area (Å²) >= 11 is 3.66. The number of halogens is 1. The van der Waals surface area contributed by atoms with E-state index in [2.05, 4.69) is 54.5 Å². The van der Waals surface area contributed by atoms with E-state index in [1.54, 1.807) is 0 Å². The normalized spacial score (nSPS) is 14.7. The van der Waals surface area contributed by atoms with Crippen LogP contribution in [0.3, 0.4) is 0 Å². The van der Waals surface area contributed by atoms with Crippen LogP contribution in [0.15, 0.2) is 53.4 Å². The molecular weight excluding hydrogens is 512 g/mol. The van der Waals surface area contributed by atoms with Gasteiger partial charge in [0.1, 0.15) is 0 Å². The SMILES string of the molecule is Cc1ccc([C@@H](NS(=O)(=O)c2ccc([N+](=O)[O-])cc2)[C@@H](Br)CO[Si](C)(C)C(C)(C)C)cc1. The average Bonchev–Trinajstić information content (AvgIpc) is 2.70. The van der Waals surface area contributed by atoms with Crippen LogP contribution in [-0.2, 0) is 14.4 Å². The average molecular weight is 544 g/mol. The number of non-ortho nitro benzene ring substituents is 1. The molecule has 0 aliphatic heterocycles. The lowest BCUT2D eigenvalue weighted by Crippen LogP contribution is -2.44. The van der Waals surface area contributed by atoms with E-state index in [-0.39, 0.29) is 20.4 Å². The van der Waals surface area contributed by atoms with Gasteiger partial charge in [-0.3, -0.25) is 10.1 Å². The number of sulfonamides is 1. The van der Waals surface area contributed by atoms with Gasteiger partial charge in [0, 0.05) is 18.7 Å². The van der Waals surface area contributed by atoms with Crippen molar-refractivity contribution in [3.8, 4) is 0 Å². The fourth-order valence-electron chi connectivity index (χ4n) is 2.71. The number of nitrogens with zero attached hydrogens (tertiary/aromatic N) is 1. The van der Waals surface area contributed by atoms with Crippen LogP contribution in [0.2, 0.25) is 18.1 Å². The van der Waals surface area contributed by atoms with Gasteiger partial charge in [-0.2, -0.15) is 0 Å². The van der Waals surface area contributed by atoms with Crippen LogP contribution in [0.1, 0.15) is 37.9 Å². The summed E-state index contributed by atoms with van der Waals surface area (Å²) in [5.41, 5.74) is 1.69. The number of rotatable bonds is 9. The molecule has 2 aromatic carbocycles. The Morgan fingerprint density at radius 1 is 1.09 bits per heavy atom. The van der Waals surface area contributed by atoms with Crippen molar-refractivity contribution in [2.75, 3.05) is 6.61 Å². The van der Waals surface area contributed by atoms with Gasteiger partial charge in [0.2, 0.25) is 10.0 Å². The molecule has 0 aliphatic rings. The predicted molar refractivity (Wildman–Crippen MR) is 133 cm³/mol. The monoisotopic (exact) mass is 542 g/mol. The zero-order valence-corrected chi connectivity index (χ0v) is 22.7. The number of alkyl halides is 1. The Kier molecular flexibility index (Phi) is 8.44. The Bertz CT molecular complexity index is 1040. The van der Waals surface area contributed by atoms with E-state index in [0.29, 0.717) is 6.61 Å². The lowest BCUT2D eigenvalue weighted by atomic mass is 10.0. The topological polar surface area (TPSA) is 98.5 Å². The van der Waals surface area contributed by atoms with Crippen molar-refractivity contribution >= 4 is 40.0 Å². The summed E-state index contributed by atoms with van der Waals surface area (Å²) in [6, 6.07) is 11.9. The van der Waals surface area contributed by atoms with E-state index >= 15 is 0 Å². The first-order valence-electron chi connectivity index (χ1n) is 10.3. The third-order valence-corrected chi connectivity index (χ3v) is 12.6. The van der Waals surface area contributed by atoms with Gasteiger partial charge in [0.15, 0.2) is 8.32 Å². The number of nitrogens with one attached hydrogen (secondary N) is 1. The number of benzene rings is 2. The minimum Gasteiger partial charge on any atom is -0.416 e. The van der Waals surface area contributed by atoms with E-state index in [1.807, 2.05) is 31.2 Å². The number of hydrogen-bond donors (Lipinski definition) is 1. The summed E-state index contributed by atoms with van der Waals surface area (Å²) in [5.74, 6) is 0. The summed E-state index contributed by atoms with van der Waals surface area (Å²) in [6.07, 6.45) is 0. The molecule has 0 fully saturated rings. The van der Waals surface area contributed by atoms with Gasteiger partial charge >= 0.3 is 0 Å². The highest BCUT2D eigenvalue weighted by atomic mass is 79.9. The van der Waals surface area contributed by atoms with Crippen molar-refractivity contribution in [1.29, 1.82) is 0 Å². The molecule has 10 heteroatoms. The Labute approximate surface area is 200 Å². The maximum Gasteiger partial charge on any atom is 0.269 e. The molecule has 32 heavy (non-hydrogen) atoms. The molecule has 0 bridgehead atoms. The van der Waals surface area contributed by atoms with Crippen LogP contribution >= 0.6 is 15.9 Å². The lowest BCUT2D eigenvalue weighted by Gasteiger charge is -2.37. The summed E-state index contributed by atoms with van der Waals surface area (Å²) in [5, 5.41) is 10.9. The highest BCUT2D eigenvalue weighted by molar-refractivity contribution is 9.09. The molecule has 0 aliphatic carbocycles. The van der Waals surface area contributed by atoms with Crippen molar-refractivity contribution < 1.29 is 17.8 Å². The van der Waals surface area contributed by atoms with Gasteiger partial charge in [-0.1, -0.05) is 66.5 Å². The van der Waals surface area contributed by atoms with Crippen molar-refractivity contribution in [2.24, 2.45) is 0 Å². The highest BCUT2D eigenvalue weighted by Crippen LogP contribution is 2.37. The Balaban J connectivity index is 2.32. The van der Waals surface area contributed by atoms with E-state index in [1.165, 1.54) is 24.3 Å².